The van der Waals surface area contributed by atoms with Gasteiger partial charge in [-0.05, 0) is 24.5 Å². The van der Waals surface area contributed by atoms with Gasteiger partial charge in [-0.25, -0.2) is 0 Å². The van der Waals surface area contributed by atoms with Crippen molar-refractivity contribution in [2.24, 2.45) is 5.73 Å². The topological polar surface area (TPSA) is 81.0 Å². The fourth-order valence-electron chi connectivity index (χ4n) is 3.80. The molecule has 2 aromatic carbocycles. The average Bonchev–Trinajstić information content (AvgIpc) is 2.72. The van der Waals surface area contributed by atoms with Crippen molar-refractivity contribution in [3.8, 4) is 11.8 Å². The van der Waals surface area contributed by atoms with Crippen molar-refractivity contribution in [2.75, 3.05) is 0 Å². The van der Waals surface area contributed by atoms with Crippen molar-refractivity contribution in [3.63, 3.8) is 0 Å². The largest absolute Gasteiger partial charge is 0.440 e. The lowest BCUT2D eigenvalue weighted by atomic mass is 9.85. The Morgan fingerprint density at radius 2 is 1.69 bits per heavy atom. The molecule has 29 heavy (non-hydrogen) atoms. The van der Waals surface area contributed by atoms with Crippen LogP contribution >= 0.6 is 0 Å². The number of benzene rings is 2. The molecule has 0 fully saturated rings. The number of nitrogens with zero attached hydrogens (tertiary/aromatic N) is 2. The van der Waals surface area contributed by atoms with Gasteiger partial charge in [0.2, 0.25) is 5.88 Å². The van der Waals surface area contributed by atoms with Crippen LogP contribution in [0.3, 0.4) is 0 Å². The summed E-state index contributed by atoms with van der Waals surface area (Å²) in [7, 11) is 0. The van der Waals surface area contributed by atoms with Crippen LogP contribution in [0.4, 0.5) is 0 Å². The maximum absolute atomic E-state index is 13.5. The van der Waals surface area contributed by atoms with Crippen LogP contribution in [0.1, 0.15) is 28.3 Å². The van der Waals surface area contributed by atoms with E-state index in [9.17, 15) is 10.1 Å². The summed E-state index contributed by atoms with van der Waals surface area (Å²) in [5, 5.41) is 9.71. The number of aryl methyl sites for hydroxylation is 1. The normalized spacial score (nSPS) is 15.4. The molecule has 0 aliphatic carbocycles. The Kier molecular flexibility index (Phi) is 4.92. The molecule has 144 valence electrons. The molecule has 0 spiro atoms. The van der Waals surface area contributed by atoms with Crippen molar-refractivity contribution in [1.29, 1.82) is 5.26 Å². The average molecular weight is 383 g/mol. The molecule has 1 atom stereocenters. The molecular formula is C24H21N3O2. The lowest BCUT2D eigenvalue weighted by molar-refractivity contribution is 0.382. The van der Waals surface area contributed by atoms with E-state index in [0.29, 0.717) is 29.9 Å². The van der Waals surface area contributed by atoms with Crippen molar-refractivity contribution in [2.45, 2.75) is 25.8 Å². The molecule has 0 saturated heterocycles. The maximum atomic E-state index is 13.5. The minimum Gasteiger partial charge on any atom is -0.440 e. The van der Waals surface area contributed by atoms with Crippen LogP contribution in [0.5, 0.6) is 5.75 Å². The smallest absolute Gasteiger partial charge is 0.258 e. The van der Waals surface area contributed by atoms with Crippen LogP contribution in [-0.2, 0) is 13.0 Å². The molecule has 3 aromatic rings. The second-order valence-corrected chi connectivity index (χ2v) is 7.17. The number of rotatable bonds is 4. The zero-order chi connectivity index (χ0) is 20.4. The molecule has 4 rings (SSSR count). The van der Waals surface area contributed by atoms with Crippen LogP contribution in [0.25, 0.3) is 0 Å². The number of nitrogens with two attached hydrogens (primary N) is 1. The standard InChI is InChI=1S/C24H21N3O2/c1-16-12-21-22(24(28)27(16)15-18-10-6-3-7-11-18)19(20(14-25)23(26)29-21)13-17-8-4-2-5-9-17/h2-12,19H,13,15,26H2,1H3/t19-/m0/s1. The number of fused-ring (bicyclic) bond motifs is 1. The zero-order valence-electron chi connectivity index (χ0n) is 16.1. The van der Waals surface area contributed by atoms with E-state index < -0.39 is 5.92 Å². The van der Waals surface area contributed by atoms with Gasteiger partial charge in [-0.1, -0.05) is 60.7 Å². The van der Waals surface area contributed by atoms with Gasteiger partial charge in [-0.2, -0.15) is 5.26 Å². The minimum absolute atomic E-state index is 0.0699. The number of pyridine rings is 1. The Labute approximate surface area is 169 Å². The third-order valence-corrected chi connectivity index (χ3v) is 5.28. The van der Waals surface area contributed by atoms with Crippen LogP contribution in [-0.4, -0.2) is 4.57 Å². The summed E-state index contributed by atoms with van der Waals surface area (Å²) in [6, 6.07) is 23.6. The Hall–Kier alpha value is -3.78. The van der Waals surface area contributed by atoms with E-state index in [1.807, 2.05) is 73.7 Å². The quantitative estimate of drug-likeness (QED) is 0.746. The van der Waals surface area contributed by atoms with Crippen molar-refractivity contribution >= 4 is 0 Å². The molecule has 0 saturated carbocycles. The fourth-order valence-corrected chi connectivity index (χ4v) is 3.80. The summed E-state index contributed by atoms with van der Waals surface area (Å²) in [6.07, 6.45) is 0.504. The van der Waals surface area contributed by atoms with Gasteiger partial charge in [0, 0.05) is 17.7 Å². The molecular weight excluding hydrogens is 362 g/mol. The first-order chi connectivity index (χ1) is 14.1. The number of nitriles is 1. The first kappa shape index (κ1) is 18.6. The van der Waals surface area contributed by atoms with E-state index in [4.69, 9.17) is 10.5 Å². The van der Waals surface area contributed by atoms with E-state index in [1.54, 1.807) is 4.57 Å². The number of hydrogen-bond acceptors (Lipinski definition) is 4. The third-order valence-electron chi connectivity index (χ3n) is 5.28. The molecule has 2 heterocycles. The Morgan fingerprint density at radius 1 is 1.07 bits per heavy atom. The molecule has 0 amide bonds. The minimum atomic E-state index is -0.443. The Bertz CT molecular complexity index is 1170. The van der Waals surface area contributed by atoms with Gasteiger partial charge in [0.05, 0.1) is 17.7 Å². The SMILES string of the molecule is Cc1cc2c(c(=O)n1Cc1ccccc1)[C@@H](Cc1ccccc1)C(C#N)=C(N)O2. The van der Waals surface area contributed by atoms with Gasteiger partial charge < -0.3 is 15.0 Å². The van der Waals surface area contributed by atoms with Gasteiger partial charge in [-0.15, -0.1) is 0 Å². The lowest BCUT2D eigenvalue weighted by Crippen LogP contribution is -2.33. The lowest BCUT2D eigenvalue weighted by Gasteiger charge is -2.27. The first-order valence-electron chi connectivity index (χ1n) is 9.48. The first-order valence-corrected chi connectivity index (χ1v) is 9.48. The number of aromatic nitrogens is 1. The van der Waals surface area contributed by atoms with Crippen LogP contribution in [0.2, 0.25) is 0 Å². The summed E-state index contributed by atoms with van der Waals surface area (Å²) < 4.78 is 7.42. The summed E-state index contributed by atoms with van der Waals surface area (Å²) in [6.45, 7) is 2.33. The molecule has 5 nitrogen and oxygen atoms in total. The Morgan fingerprint density at radius 3 is 2.31 bits per heavy atom. The van der Waals surface area contributed by atoms with Crippen LogP contribution < -0.4 is 16.0 Å². The van der Waals surface area contributed by atoms with Gasteiger partial charge in [0.15, 0.2) is 0 Å². The van der Waals surface area contributed by atoms with Crippen molar-refractivity contribution in [3.05, 3.63) is 111 Å². The van der Waals surface area contributed by atoms with Gasteiger partial charge in [-0.3, -0.25) is 4.79 Å². The van der Waals surface area contributed by atoms with Gasteiger partial charge in [0.25, 0.3) is 5.56 Å². The highest BCUT2D eigenvalue weighted by atomic mass is 16.5. The summed E-state index contributed by atoms with van der Waals surface area (Å²) >= 11 is 0. The molecule has 1 aliphatic rings. The summed E-state index contributed by atoms with van der Waals surface area (Å²) in [5.74, 6) is 0.0658. The number of ether oxygens (including phenoxy) is 1. The monoisotopic (exact) mass is 383 g/mol. The summed E-state index contributed by atoms with van der Waals surface area (Å²) in [4.78, 5) is 13.5. The number of hydrogen-bond donors (Lipinski definition) is 1. The van der Waals surface area contributed by atoms with Crippen LogP contribution in [0, 0.1) is 18.3 Å². The highest BCUT2D eigenvalue weighted by Gasteiger charge is 2.33. The zero-order valence-corrected chi connectivity index (χ0v) is 16.1. The van der Waals surface area contributed by atoms with E-state index in [-0.39, 0.29) is 11.4 Å². The van der Waals surface area contributed by atoms with E-state index in [0.717, 1.165) is 16.8 Å². The van der Waals surface area contributed by atoms with E-state index in [2.05, 4.69) is 6.07 Å². The molecule has 0 bridgehead atoms. The van der Waals surface area contributed by atoms with Crippen LogP contribution in [0.15, 0.2) is 83.0 Å². The third kappa shape index (κ3) is 3.53. The van der Waals surface area contributed by atoms with E-state index >= 15 is 0 Å². The maximum Gasteiger partial charge on any atom is 0.258 e. The highest BCUT2D eigenvalue weighted by Crippen LogP contribution is 2.38. The van der Waals surface area contributed by atoms with Gasteiger partial charge >= 0.3 is 0 Å². The van der Waals surface area contributed by atoms with Gasteiger partial charge in [0.1, 0.15) is 11.8 Å². The fraction of sp³-hybridized carbons (Fsp3) is 0.167. The molecule has 2 N–H and O–H groups in total. The summed E-state index contributed by atoms with van der Waals surface area (Å²) in [5.41, 5.74) is 9.52. The molecule has 0 radical (unpaired) electrons. The molecule has 0 unspecified atom stereocenters. The predicted octanol–water partition coefficient (Wildman–Crippen LogP) is 3.62. The second kappa shape index (κ2) is 7.69. The van der Waals surface area contributed by atoms with E-state index in [1.165, 1.54) is 0 Å². The number of allylic oxidation sites excluding steroid dienone is 1. The molecule has 1 aromatic heterocycles. The highest BCUT2D eigenvalue weighted by molar-refractivity contribution is 5.50. The second-order valence-electron chi connectivity index (χ2n) is 7.17. The molecule has 5 heteroatoms. The van der Waals surface area contributed by atoms with Crippen molar-refractivity contribution in [1.82, 2.24) is 4.57 Å². The molecule has 1 aliphatic heterocycles. The predicted molar refractivity (Wildman–Crippen MR) is 111 cm³/mol. The Balaban J connectivity index is 1.84. The van der Waals surface area contributed by atoms with Crippen molar-refractivity contribution < 1.29 is 4.74 Å².